The molecule has 0 spiro atoms. The molecule has 2 fully saturated rings. The first-order valence-corrected chi connectivity index (χ1v) is 7.46. The molecule has 0 aliphatic carbocycles. The molecule has 110 valence electrons. The molecular weight excluding hydrogens is 242 g/mol. The maximum absolute atomic E-state index is 11.6. The molecular formula is C14H27N3O2. The number of hydrogen-bond acceptors (Lipinski definition) is 4. The van der Waals surface area contributed by atoms with Crippen LogP contribution >= 0.6 is 0 Å². The van der Waals surface area contributed by atoms with Gasteiger partial charge in [0.1, 0.15) is 0 Å². The second-order valence-corrected chi connectivity index (χ2v) is 5.99. The fourth-order valence-electron chi connectivity index (χ4n) is 3.22. The van der Waals surface area contributed by atoms with Gasteiger partial charge in [0.05, 0.1) is 5.92 Å². The van der Waals surface area contributed by atoms with Gasteiger partial charge < -0.3 is 14.9 Å². The van der Waals surface area contributed by atoms with Crippen LogP contribution in [0.5, 0.6) is 0 Å². The van der Waals surface area contributed by atoms with Gasteiger partial charge in [-0.2, -0.15) is 0 Å². The molecule has 2 aliphatic rings. The summed E-state index contributed by atoms with van der Waals surface area (Å²) < 4.78 is 0. The Hall–Kier alpha value is -0.650. The number of likely N-dealkylation sites (tertiary alicyclic amines) is 1. The van der Waals surface area contributed by atoms with Crippen LogP contribution in [0.2, 0.25) is 0 Å². The Kier molecular flexibility index (Phi) is 5.19. The normalized spacial score (nSPS) is 28.6. The standard InChI is InChI=1S/C14H27N3O2/c1-3-16-5-4-12(10-16)13(14(18)19)11-17-8-6-15(2)7-9-17/h12-13H,3-11H2,1-2H3,(H,18,19). The second-order valence-electron chi connectivity index (χ2n) is 5.99. The quantitative estimate of drug-likeness (QED) is 0.776. The zero-order valence-electron chi connectivity index (χ0n) is 12.2. The van der Waals surface area contributed by atoms with E-state index in [1.54, 1.807) is 0 Å². The molecule has 5 heteroatoms. The first-order valence-electron chi connectivity index (χ1n) is 7.46. The van der Waals surface area contributed by atoms with Crippen molar-refractivity contribution in [1.82, 2.24) is 14.7 Å². The number of hydrogen-bond donors (Lipinski definition) is 1. The summed E-state index contributed by atoms with van der Waals surface area (Å²) in [6, 6.07) is 0. The summed E-state index contributed by atoms with van der Waals surface area (Å²) in [5.74, 6) is -0.473. The Labute approximate surface area is 116 Å². The van der Waals surface area contributed by atoms with Gasteiger partial charge in [-0.1, -0.05) is 6.92 Å². The smallest absolute Gasteiger partial charge is 0.308 e. The van der Waals surface area contributed by atoms with Crippen LogP contribution < -0.4 is 0 Å². The summed E-state index contributed by atoms with van der Waals surface area (Å²) >= 11 is 0. The third kappa shape index (κ3) is 3.91. The van der Waals surface area contributed by atoms with E-state index in [1.807, 2.05) is 0 Å². The van der Waals surface area contributed by atoms with Gasteiger partial charge in [0, 0.05) is 39.3 Å². The Morgan fingerprint density at radius 3 is 2.42 bits per heavy atom. The van der Waals surface area contributed by atoms with Crippen molar-refractivity contribution < 1.29 is 9.90 Å². The Morgan fingerprint density at radius 1 is 1.21 bits per heavy atom. The zero-order chi connectivity index (χ0) is 13.8. The van der Waals surface area contributed by atoms with Crippen molar-refractivity contribution in [2.45, 2.75) is 13.3 Å². The van der Waals surface area contributed by atoms with Gasteiger partial charge in [-0.05, 0) is 32.5 Å². The van der Waals surface area contributed by atoms with Crippen LogP contribution in [0.25, 0.3) is 0 Å². The molecule has 0 amide bonds. The average Bonchev–Trinajstić information content (AvgIpc) is 2.86. The largest absolute Gasteiger partial charge is 0.481 e. The molecule has 0 aromatic carbocycles. The number of carboxylic acid groups (broad SMARTS) is 1. The van der Waals surface area contributed by atoms with E-state index in [1.165, 1.54) is 0 Å². The van der Waals surface area contributed by atoms with E-state index < -0.39 is 5.97 Å². The molecule has 5 nitrogen and oxygen atoms in total. The van der Waals surface area contributed by atoms with Gasteiger partial charge in [0.25, 0.3) is 0 Å². The lowest BCUT2D eigenvalue weighted by molar-refractivity contribution is -0.144. The van der Waals surface area contributed by atoms with Crippen molar-refractivity contribution in [3.8, 4) is 0 Å². The summed E-state index contributed by atoms with van der Waals surface area (Å²) in [7, 11) is 2.13. The van der Waals surface area contributed by atoms with E-state index in [0.717, 1.165) is 58.8 Å². The highest BCUT2D eigenvalue weighted by atomic mass is 16.4. The maximum atomic E-state index is 11.6. The van der Waals surface area contributed by atoms with Crippen LogP contribution in [0, 0.1) is 11.8 Å². The lowest BCUT2D eigenvalue weighted by Crippen LogP contribution is -2.48. The third-order valence-corrected chi connectivity index (χ3v) is 4.69. The summed E-state index contributed by atoms with van der Waals surface area (Å²) in [6.45, 7) is 10.1. The lowest BCUT2D eigenvalue weighted by Gasteiger charge is -2.35. The number of piperazine rings is 1. The van der Waals surface area contributed by atoms with E-state index >= 15 is 0 Å². The van der Waals surface area contributed by atoms with Gasteiger partial charge in [0.15, 0.2) is 0 Å². The van der Waals surface area contributed by atoms with Gasteiger partial charge in [-0.3, -0.25) is 9.69 Å². The van der Waals surface area contributed by atoms with Crippen LogP contribution in [-0.2, 0) is 4.79 Å². The number of carbonyl (C=O) groups is 1. The molecule has 2 heterocycles. The average molecular weight is 269 g/mol. The number of rotatable bonds is 5. The van der Waals surface area contributed by atoms with E-state index in [-0.39, 0.29) is 5.92 Å². The molecule has 2 rings (SSSR count). The van der Waals surface area contributed by atoms with Crippen molar-refractivity contribution in [2.75, 3.05) is 59.4 Å². The number of nitrogens with zero attached hydrogens (tertiary/aromatic N) is 3. The molecule has 1 N–H and O–H groups in total. The first kappa shape index (κ1) is 14.8. The minimum atomic E-state index is -0.609. The van der Waals surface area contributed by atoms with E-state index in [4.69, 9.17) is 0 Å². The van der Waals surface area contributed by atoms with Gasteiger partial charge in [-0.15, -0.1) is 0 Å². The Bertz CT molecular complexity index is 303. The first-order chi connectivity index (χ1) is 9.10. The number of carboxylic acids is 1. The summed E-state index contributed by atoms with van der Waals surface area (Å²) in [6.07, 6.45) is 1.04. The molecule has 0 aromatic rings. The predicted octanol–water partition coefficient (Wildman–Crippen LogP) is 0.276. The van der Waals surface area contributed by atoms with Crippen LogP contribution in [0.15, 0.2) is 0 Å². The number of aliphatic carboxylic acids is 1. The van der Waals surface area contributed by atoms with Crippen molar-refractivity contribution >= 4 is 5.97 Å². The molecule has 0 bridgehead atoms. The molecule has 0 aromatic heterocycles. The zero-order valence-corrected chi connectivity index (χ0v) is 12.2. The molecule has 2 aliphatic heterocycles. The summed E-state index contributed by atoms with van der Waals surface area (Å²) in [5.41, 5.74) is 0. The number of likely N-dealkylation sites (N-methyl/N-ethyl adjacent to an activating group) is 1. The molecule has 19 heavy (non-hydrogen) atoms. The molecule has 2 saturated heterocycles. The predicted molar refractivity (Wildman–Crippen MR) is 75.3 cm³/mol. The topological polar surface area (TPSA) is 47.0 Å². The van der Waals surface area contributed by atoms with Crippen LogP contribution in [-0.4, -0.2) is 85.2 Å². The van der Waals surface area contributed by atoms with Crippen LogP contribution in [0.1, 0.15) is 13.3 Å². The molecule has 2 unspecified atom stereocenters. The molecule has 0 saturated carbocycles. The monoisotopic (exact) mass is 269 g/mol. The highest BCUT2D eigenvalue weighted by Gasteiger charge is 2.34. The third-order valence-electron chi connectivity index (χ3n) is 4.69. The Morgan fingerprint density at radius 2 is 1.89 bits per heavy atom. The summed E-state index contributed by atoms with van der Waals surface area (Å²) in [5, 5.41) is 9.52. The second kappa shape index (κ2) is 6.68. The van der Waals surface area contributed by atoms with Crippen LogP contribution in [0.3, 0.4) is 0 Å². The highest BCUT2D eigenvalue weighted by Crippen LogP contribution is 2.25. The SMILES string of the molecule is CCN1CCC(C(CN2CCN(C)CC2)C(=O)O)C1. The molecule has 0 radical (unpaired) electrons. The van der Waals surface area contributed by atoms with Gasteiger partial charge >= 0.3 is 5.97 Å². The van der Waals surface area contributed by atoms with E-state index in [0.29, 0.717) is 5.92 Å². The van der Waals surface area contributed by atoms with Crippen LogP contribution in [0.4, 0.5) is 0 Å². The minimum Gasteiger partial charge on any atom is -0.481 e. The fourth-order valence-corrected chi connectivity index (χ4v) is 3.22. The van der Waals surface area contributed by atoms with E-state index in [9.17, 15) is 9.90 Å². The van der Waals surface area contributed by atoms with Crippen molar-refractivity contribution in [3.63, 3.8) is 0 Å². The van der Waals surface area contributed by atoms with Crippen molar-refractivity contribution in [3.05, 3.63) is 0 Å². The fraction of sp³-hybridized carbons (Fsp3) is 0.929. The van der Waals surface area contributed by atoms with Gasteiger partial charge in [-0.25, -0.2) is 0 Å². The van der Waals surface area contributed by atoms with Crippen molar-refractivity contribution in [2.24, 2.45) is 11.8 Å². The summed E-state index contributed by atoms with van der Waals surface area (Å²) in [4.78, 5) is 18.6. The molecule has 2 atom stereocenters. The minimum absolute atomic E-state index is 0.194. The maximum Gasteiger partial charge on any atom is 0.308 e. The Balaban J connectivity index is 1.88. The lowest BCUT2D eigenvalue weighted by atomic mass is 9.91. The highest BCUT2D eigenvalue weighted by molar-refractivity contribution is 5.70. The van der Waals surface area contributed by atoms with Gasteiger partial charge in [0.2, 0.25) is 0 Å². The van der Waals surface area contributed by atoms with Crippen molar-refractivity contribution in [1.29, 1.82) is 0 Å². The van der Waals surface area contributed by atoms with E-state index in [2.05, 4.69) is 28.7 Å².